The Hall–Kier alpha value is -2.65. The van der Waals surface area contributed by atoms with Crippen molar-refractivity contribution >= 4 is 17.7 Å². The first kappa shape index (κ1) is 19.1. The molecule has 1 unspecified atom stereocenters. The van der Waals surface area contributed by atoms with Crippen LogP contribution in [-0.2, 0) is 16.1 Å². The minimum atomic E-state index is -0.587. The van der Waals surface area contributed by atoms with Crippen molar-refractivity contribution < 1.29 is 19.5 Å². The Labute approximate surface area is 158 Å². The van der Waals surface area contributed by atoms with Crippen LogP contribution in [0.15, 0.2) is 18.2 Å². The van der Waals surface area contributed by atoms with Crippen molar-refractivity contribution in [3.63, 3.8) is 0 Å². The molecule has 2 aliphatic heterocycles. The van der Waals surface area contributed by atoms with E-state index < -0.39 is 11.9 Å². The Morgan fingerprint density at radius 1 is 1.15 bits per heavy atom. The van der Waals surface area contributed by atoms with Gasteiger partial charge in [-0.2, -0.15) is 0 Å². The van der Waals surface area contributed by atoms with Gasteiger partial charge in [-0.05, 0) is 37.0 Å². The first-order valence-electron chi connectivity index (χ1n) is 9.47. The second-order valence-electron chi connectivity index (χ2n) is 6.96. The summed E-state index contributed by atoms with van der Waals surface area (Å²) < 4.78 is 0. The van der Waals surface area contributed by atoms with E-state index in [9.17, 15) is 14.4 Å². The molecule has 0 bridgehead atoms. The number of nitrogens with zero attached hydrogens (tertiary/aromatic N) is 1. The largest absolute Gasteiger partial charge is 0.396 e. The summed E-state index contributed by atoms with van der Waals surface area (Å²) in [6, 6.07) is 5.00. The minimum absolute atomic E-state index is 0.174. The first-order chi connectivity index (χ1) is 13.1. The number of carbonyl (C=O) groups is 3. The van der Waals surface area contributed by atoms with Crippen LogP contribution in [0.3, 0.4) is 0 Å². The topological polar surface area (TPSA) is 86.7 Å². The number of hydrogen-bond donors (Lipinski definition) is 2. The van der Waals surface area contributed by atoms with Crippen LogP contribution in [0.2, 0.25) is 0 Å². The summed E-state index contributed by atoms with van der Waals surface area (Å²) in [5.41, 5.74) is 2.27. The standard InChI is InChI=1S/C21H24N2O4/c24-12-6-4-2-1-3-5-7-15-8-9-16-14-23(21(27)17(16)13-15)18-10-11-19(25)22-20(18)26/h8-9,13,18,24H,1-4,6,10-12,14H2,(H,22,25,26). The number of unbranched alkanes of at least 4 members (excludes halogenated alkanes) is 4. The molecule has 0 aliphatic carbocycles. The average Bonchev–Trinajstić information content (AvgIpc) is 2.97. The molecule has 0 aromatic heterocycles. The number of piperidine rings is 1. The van der Waals surface area contributed by atoms with E-state index in [1.165, 1.54) is 0 Å². The van der Waals surface area contributed by atoms with Crippen molar-refractivity contribution in [2.75, 3.05) is 6.61 Å². The lowest BCUT2D eigenvalue weighted by Crippen LogP contribution is -2.52. The molecule has 27 heavy (non-hydrogen) atoms. The number of aliphatic hydroxyl groups excluding tert-OH is 1. The van der Waals surface area contributed by atoms with Gasteiger partial charge < -0.3 is 10.0 Å². The van der Waals surface area contributed by atoms with Gasteiger partial charge >= 0.3 is 0 Å². The van der Waals surface area contributed by atoms with E-state index in [0.717, 1.165) is 43.2 Å². The Kier molecular flexibility index (Phi) is 6.25. The second kappa shape index (κ2) is 8.83. The lowest BCUT2D eigenvalue weighted by molar-refractivity contribution is -0.136. The molecule has 1 atom stereocenters. The summed E-state index contributed by atoms with van der Waals surface area (Å²) in [6.07, 6.45) is 5.32. The molecule has 0 spiro atoms. The fraction of sp³-hybridized carbons (Fsp3) is 0.476. The highest BCUT2D eigenvalue weighted by atomic mass is 16.3. The molecule has 3 rings (SSSR count). The summed E-state index contributed by atoms with van der Waals surface area (Å²) >= 11 is 0. The van der Waals surface area contributed by atoms with Crippen LogP contribution in [0.1, 0.15) is 66.4 Å². The molecule has 1 aromatic carbocycles. The monoisotopic (exact) mass is 368 g/mol. The van der Waals surface area contributed by atoms with Gasteiger partial charge in [0.2, 0.25) is 11.8 Å². The Balaban J connectivity index is 1.61. The Morgan fingerprint density at radius 3 is 2.74 bits per heavy atom. The smallest absolute Gasteiger partial charge is 0.255 e. The van der Waals surface area contributed by atoms with Crippen molar-refractivity contribution in [1.82, 2.24) is 10.2 Å². The molecular weight excluding hydrogens is 344 g/mol. The third kappa shape index (κ3) is 4.55. The third-order valence-electron chi connectivity index (χ3n) is 4.97. The second-order valence-corrected chi connectivity index (χ2v) is 6.96. The number of carbonyl (C=O) groups excluding carboxylic acids is 3. The van der Waals surface area contributed by atoms with Gasteiger partial charge in [-0.1, -0.05) is 30.7 Å². The number of rotatable bonds is 6. The fourth-order valence-corrected chi connectivity index (χ4v) is 3.48. The van der Waals surface area contributed by atoms with E-state index in [1.807, 2.05) is 12.1 Å². The molecule has 6 nitrogen and oxygen atoms in total. The number of aliphatic hydroxyl groups is 1. The molecule has 2 aliphatic rings. The molecule has 6 heteroatoms. The van der Waals surface area contributed by atoms with Gasteiger partial charge in [0.1, 0.15) is 6.04 Å². The maximum Gasteiger partial charge on any atom is 0.255 e. The lowest BCUT2D eigenvalue weighted by Gasteiger charge is -2.29. The number of benzene rings is 1. The summed E-state index contributed by atoms with van der Waals surface area (Å²) in [6.45, 7) is 0.629. The molecule has 1 saturated heterocycles. The average molecular weight is 368 g/mol. The van der Waals surface area contributed by atoms with Crippen molar-refractivity contribution in [2.24, 2.45) is 0 Å². The Morgan fingerprint density at radius 2 is 1.96 bits per heavy atom. The van der Waals surface area contributed by atoms with Gasteiger partial charge in [-0.25, -0.2) is 0 Å². The van der Waals surface area contributed by atoms with Gasteiger partial charge in [-0.3, -0.25) is 19.7 Å². The SMILES string of the molecule is O=C1CCC(N2Cc3ccc(C#CCCCCCCO)cc3C2=O)C(=O)N1. The maximum atomic E-state index is 12.7. The summed E-state index contributed by atoms with van der Waals surface area (Å²) in [4.78, 5) is 37.7. The van der Waals surface area contributed by atoms with Crippen LogP contribution in [0, 0.1) is 11.8 Å². The van der Waals surface area contributed by atoms with E-state index in [0.29, 0.717) is 18.5 Å². The molecule has 1 fully saturated rings. The Bertz CT molecular complexity index is 806. The zero-order chi connectivity index (χ0) is 19.2. The number of hydrogen-bond acceptors (Lipinski definition) is 4. The summed E-state index contributed by atoms with van der Waals surface area (Å²) in [5, 5.41) is 11.1. The molecule has 0 saturated carbocycles. The predicted octanol–water partition coefficient (Wildman–Crippen LogP) is 1.74. The highest BCUT2D eigenvalue weighted by molar-refractivity contribution is 6.05. The van der Waals surface area contributed by atoms with Gasteiger partial charge in [0.15, 0.2) is 0 Å². The number of nitrogens with one attached hydrogen (secondary N) is 1. The molecule has 0 radical (unpaired) electrons. The first-order valence-corrected chi connectivity index (χ1v) is 9.47. The lowest BCUT2D eigenvalue weighted by atomic mass is 10.0. The molecule has 3 amide bonds. The van der Waals surface area contributed by atoms with Crippen LogP contribution < -0.4 is 5.32 Å². The number of imide groups is 1. The fourth-order valence-electron chi connectivity index (χ4n) is 3.48. The van der Waals surface area contributed by atoms with E-state index in [-0.39, 0.29) is 24.8 Å². The van der Waals surface area contributed by atoms with Crippen LogP contribution in [0.5, 0.6) is 0 Å². The zero-order valence-electron chi connectivity index (χ0n) is 15.3. The minimum Gasteiger partial charge on any atom is -0.396 e. The van der Waals surface area contributed by atoms with Gasteiger partial charge in [0.25, 0.3) is 5.91 Å². The van der Waals surface area contributed by atoms with Crippen molar-refractivity contribution in [1.29, 1.82) is 0 Å². The van der Waals surface area contributed by atoms with E-state index in [2.05, 4.69) is 17.2 Å². The summed E-state index contributed by atoms with van der Waals surface area (Å²) in [7, 11) is 0. The van der Waals surface area contributed by atoms with Crippen molar-refractivity contribution in [3.05, 3.63) is 34.9 Å². The zero-order valence-corrected chi connectivity index (χ0v) is 15.3. The maximum absolute atomic E-state index is 12.7. The van der Waals surface area contributed by atoms with Crippen LogP contribution in [0.4, 0.5) is 0 Å². The molecule has 2 heterocycles. The quantitative estimate of drug-likeness (QED) is 0.455. The van der Waals surface area contributed by atoms with Gasteiger partial charge in [0, 0.05) is 37.1 Å². The summed E-state index contributed by atoms with van der Waals surface area (Å²) in [5.74, 6) is 5.38. The van der Waals surface area contributed by atoms with E-state index >= 15 is 0 Å². The molecular formula is C21H24N2O4. The van der Waals surface area contributed by atoms with Crippen molar-refractivity contribution in [2.45, 2.75) is 57.5 Å². The third-order valence-corrected chi connectivity index (χ3v) is 4.97. The van der Waals surface area contributed by atoms with E-state index in [1.54, 1.807) is 11.0 Å². The van der Waals surface area contributed by atoms with Crippen LogP contribution in [0.25, 0.3) is 0 Å². The normalized spacial score (nSPS) is 18.8. The van der Waals surface area contributed by atoms with Crippen LogP contribution in [-0.4, -0.2) is 40.4 Å². The highest BCUT2D eigenvalue weighted by Crippen LogP contribution is 2.28. The highest BCUT2D eigenvalue weighted by Gasteiger charge is 2.38. The molecule has 2 N–H and O–H groups in total. The predicted molar refractivity (Wildman–Crippen MR) is 99.5 cm³/mol. The van der Waals surface area contributed by atoms with Crippen LogP contribution >= 0.6 is 0 Å². The van der Waals surface area contributed by atoms with E-state index in [4.69, 9.17) is 5.11 Å². The number of amides is 3. The molecule has 1 aromatic rings. The van der Waals surface area contributed by atoms with Crippen molar-refractivity contribution in [3.8, 4) is 11.8 Å². The molecule has 142 valence electrons. The van der Waals surface area contributed by atoms with Gasteiger partial charge in [-0.15, -0.1) is 0 Å². The van der Waals surface area contributed by atoms with Gasteiger partial charge in [0.05, 0.1) is 0 Å². The number of fused-ring (bicyclic) bond motifs is 1.